The molecule has 104 valence electrons. The molecule has 19 heavy (non-hydrogen) atoms. The smallest absolute Gasteiger partial charge is 0.335 e. The zero-order chi connectivity index (χ0) is 14.4. The summed E-state index contributed by atoms with van der Waals surface area (Å²) < 4.78 is 0. The first-order valence-corrected chi connectivity index (χ1v) is 6.31. The highest BCUT2D eigenvalue weighted by Gasteiger charge is 2.18. The van der Waals surface area contributed by atoms with Crippen LogP contribution in [0.4, 0.5) is 0 Å². The largest absolute Gasteiger partial charge is 0.478 e. The van der Waals surface area contributed by atoms with E-state index in [1.54, 1.807) is 12.1 Å². The summed E-state index contributed by atoms with van der Waals surface area (Å²) in [6.07, 6.45) is 0.849. The van der Waals surface area contributed by atoms with E-state index in [1.165, 1.54) is 12.1 Å². The molecule has 0 bridgehead atoms. The Morgan fingerprint density at radius 2 is 1.89 bits per heavy atom. The van der Waals surface area contributed by atoms with Gasteiger partial charge < -0.3 is 16.2 Å². The predicted molar refractivity (Wildman–Crippen MR) is 72.7 cm³/mol. The molecule has 0 aliphatic rings. The van der Waals surface area contributed by atoms with Gasteiger partial charge in [-0.25, -0.2) is 4.79 Å². The van der Waals surface area contributed by atoms with Gasteiger partial charge in [0.25, 0.3) is 0 Å². The van der Waals surface area contributed by atoms with Crippen molar-refractivity contribution >= 4 is 11.9 Å². The number of carboxylic acids is 1. The highest BCUT2D eigenvalue weighted by atomic mass is 16.4. The van der Waals surface area contributed by atoms with Gasteiger partial charge in [0.2, 0.25) is 5.91 Å². The number of carbonyl (C=O) groups excluding carboxylic acids is 1. The van der Waals surface area contributed by atoms with Crippen molar-refractivity contribution in [1.82, 2.24) is 5.32 Å². The number of rotatable bonds is 6. The first-order chi connectivity index (χ1) is 8.95. The molecular formula is C14H20N2O3. The van der Waals surface area contributed by atoms with Crippen LogP contribution < -0.4 is 11.1 Å². The summed E-state index contributed by atoms with van der Waals surface area (Å²) in [5.74, 6) is -1.01. The number of hydrogen-bond acceptors (Lipinski definition) is 3. The van der Waals surface area contributed by atoms with Gasteiger partial charge in [-0.2, -0.15) is 0 Å². The Balaban J connectivity index is 2.52. The number of carbonyl (C=O) groups is 2. The van der Waals surface area contributed by atoms with E-state index in [9.17, 15) is 9.59 Å². The number of benzene rings is 1. The SMILES string of the molecule is CCC(C)[C@H](N)C(=O)NCc1ccc(C(=O)O)cc1. The summed E-state index contributed by atoms with van der Waals surface area (Å²) in [5.41, 5.74) is 6.88. The highest BCUT2D eigenvalue weighted by Crippen LogP contribution is 2.07. The van der Waals surface area contributed by atoms with Gasteiger partial charge in [-0.1, -0.05) is 32.4 Å². The Hall–Kier alpha value is -1.88. The summed E-state index contributed by atoms with van der Waals surface area (Å²) in [6, 6.07) is 5.87. The van der Waals surface area contributed by atoms with Gasteiger partial charge in [0.1, 0.15) is 0 Å². The lowest BCUT2D eigenvalue weighted by Crippen LogP contribution is -2.44. The molecule has 5 nitrogen and oxygen atoms in total. The van der Waals surface area contributed by atoms with Crippen LogP contribution >= 0.6 is 0 Å². The minimum absolute atomic E-state index is 0.134. The topological polar surface area (TPSA) is 92.4 Å². The van der Waals surface area contributed by atoms with Crippen molar-refractivity contribution in [2.45, 2.75) is 32.9 Å². The van der Waals surface area contributed by atoms with Gasteiger partial charge in [-0.05, 0) is 23.6 Å². The summed E-state index contributed by atoms with van der Waals surface area (Å²) in [6.45, 7) is 4.27. The van der Waals surface area contributed by atoms with Crippen molar-refractivity contribution in [3.63, 3.8) is 0 Å². The molecule has 0 aliphatic heterocycles. The monoisotopic (exact) mass is 264 g/mol. The van der Waals surface area contributed by atoms with Crippen LogP contribution in [0.15, 0.2) is 24.3 Å². The molecule has 0 saturated heterocycles. The van der Waals surface area contributed by atoms with Crippen molar-refractivity contribution < 1.29 is 14.7 Å². The lowest BCUT2D eigenvalue weighted by atomic mass is 9.99. The van der Waals surface area contributed by atoms with E-state index < -0.39 is 12.0 Å². The maximum atomic E-state index is 11.8. The van der Waals surface area contributed by atoms with Crippen LogP contribution in [-0.2, 0) is 11.3 Å². The van der Waals surface area contributed by atoms with Gasteiger partial charge in [-0.15, -0.1) is 0 Å². The molecule has 1 unspecified atom stereocenters. The molecule has 0 heterocycles. The molecule has 1 aromatic rings. The van der Waals surface area contributed by atoms with Crippen molar-refractivity contribution in [1.29, 1.82) is 0 Å². The molecule has 0 aromatic heterocycles. The number of nitrogens with two attached hydrogens (primary N) is 1. The molecule has 1 rings (SSSR count). The lowest BCUT2D eigenvalue weighted by Gasteiger charge is -2.17. The molecule has 1 amide bonds. The van der Waals surface area contributed by atoms with Crippen molar-refractivity contribution in [3.05, 3.63) is 35.4 Å². The van der Waals surface area contributed by atoms with E-state index in [0.29, 0.717) is 6.54 Å². The zero-order valence-electron chi connectivity index (χ0n) is 11.2. The molecule has 0 saturated carbocycles. The minimum atomic E-state index is -0.964. The third kappa shape index (κ3) is 4.37. The molecule has 2 atom stereocenters. The molecule has 0 aliphatic carbocycles. The molecular weight excluding hydrogens is 244 g/mol. The third-order valence-corrected chi connectivity index (χ3v) is 3.23. The minimum Gasteiger partial charge on any atom is -0.478 e. The van der Waals surface area contributed by atoms with Crippen LogP contribution in [0.2, 0.25) is 0 Å². The molecule has 0 spiro atoms. The van der Waals surface area contributed by atoms with Crippen molar-refractivity contribution in [3.8, 4) is 0 Å². The van der Waals surface area contributed by atoms with E-state index in [4.69, 9.17) is 10.8 Å². The van der Waals surface area contributed by atoms with Gasteiger partial charge in [0.15, 0.2) is 0 Å². The van der Waals surface area contributed by atoms with Crippen LogP contribution in [0, 0.1) is 5.92 Å². The summed E-state index contributed by atoms with van der Waals surface area (Å²) in [4.78, 5) is 22.5. The van der Waals surface area contributed by atoms with Crippen LogP contribution in [-0.4, -0.2) is 23.0 Å². The van der Waals surface area contributed by atoms with Crippen molar-refractivity contribution in [2.75, 3.05) is 0 Å². The second-order valence-corrected chi connectivity index (χ2v) is 4.63. The lowest BCUT2D eigenvalue weighted by molar-refractivity contribution is -0.123. The fourth-order valence-corrected chi connectivity index (χ4v) is 1.58. The highest BCUT2D eigenvalue weighted by molar-refractivity contribution is 5.87. The van der Waals surface area contributed by atoms with Gasteiger partial charge in [-0.3, -0.25) is 4.79 Å². The van der Waals surface area contributed by atoms with Crippen LogP contribution in [0.5, 0.6) is 0 Å². The van der Waals surface area contributed by atoms with E-state index in [1.807, 2.05) is 13.8 Å². The van der Waals surface area contributed by atoms with E-state index in [2.05, 4.69) is 5.32 Å². The Labute approximate surface area is 112 Å². The van der Waals surface area contributed by atoms with Crippen molar-refractivity contribution in [2.24, 2.45) is 11.7 Å². The van der Waals surface area contributed by atoms with Gasteiger partial charge >= 0.3 is 5.97 Å². The standard InChI is InChI=1S/C14H20N2O3/c1-3-9(2)12(15)13(17)16-8-10-4-6-11(7-5-10)14(18)19/h4-7,9,12H,3,8,15H2,1-2H3,(H,16,17)(H,18,19)/t9?,12-/m0/s1. The fourth-order valence-electron chi connectivity index (χ4n) is 1.58. The van der Waals surface area contributed by atoms with Crippen LogP contribution in [0.3, 0.4) is 0 Å². The van der Waals surface area contributed by atoms with Crippen LogP contribution in [0.1, 0.15) is 36.2 Å². The summed E-state index contributed by atoms with van der Waals surface area (Å²) >= 11 is 0. The number of aromatic carboxylic acids is 1. The molecule has 0 radical (unpaired) electrons. The zero-order valence-corrected chi connectivity index (χ0v) is 11.2. The summed E-state index contributed by atoms with van der Waals surface area (Å²) in [5, 5.41) is 11.5. The molecule has 1 aromatic carbocycles. The predicted octanol–water partition coefficient (Wildman–Crippen LogP) is 1.37. The Bertz CT molecular complexity index is 443. The summed E-state index contributed by atoms with van der Waals surface area (Å²) in [7, 11) is 0. The maximum Gasteiger partial charge on any atom is 0.335 e. The van der Waals surface area contributed by atoms with Gasteiger partial charge in [0, 0.05) is 6.54 Å². The maximum absolute atomic E-state index is 11.8. The van der Waals surface area contributed by atoms with Gasteiger partial charge in [0.05, 0.1) is 11.6 Å². The molecule has 0 fully saturated rings. The quantitative estimate of drug-likeness (QED) is 0.723. The normalized spacial score (nSPS) is 13.6. The van der Waals surface area contributed by atoms with Crippen LogP contribution in [0.25, 0.3) is 0 Å². The van der Waals surface area contributed by atoms with E-state index >= 15 is 0 Å². The third-order valence-electron chi connectivity index (χ3n) is 3.23. The first kappa shape index (κ1) is 15.2. The average Bonchev–Trinajstić information content (AvgIpc) is 2.43. The Kier molecular flexibility index (Phi) is 5.51. The number of amides is 1. The van der Waals surface area contributed by atoms with E-state index in [-0.39, 0.29) is 17.4 Å². The number of nitrogens with one attached hydrogen (secondary N) is 1. The number of carboxylic acid groups (broad SMARTS) is 1. The second kappa shape index (κ2) is 6.89. The Morgan fingerprint density at radius 3 is 2.37 bits per heavy atom. The van der Waals surface area contributed by atoms with E-state index in [0.717, 1.165) is 12.0 Å². The fraction of sp³-hybridized carbons (Fsp3) is 0.429. The average molecular weight is 264 g/mol. The Morgan fingerprint density at radius 1 is 1.32 bits per heavy atom. The molecule has 5 heteroatoms. The number of hydrogen-bond donors (Lipinski definition) is 3. The second-order valence-electron chi connectivity index (χ2n) is 4.63. The first-order valence-electron chi connectivity index (χ1n) is 6.31. The molecule has 4 N–H and O–H groups in total.